The minimum absolute atomic E-state index is 0.290. The monoisotopic (exact) mass is 470 g/mol. The molecule has 7 nitrogen and oxygen atoms in total. The maximum absolute atomic E-state index is 12.5. The lowest BCUT2D eigenvalue weighted by Crippen LogP contribution is -2.08. The fourth-order valence-corrected chi connectivity index (χ4v) is 3.47. The Morgan fingerprint density at radius 3 is 2.20 bits per heavy atom. The van der Waals surface area contributed by atoms with Crippen LogP contribution in [0.2, 0.25) is 0 Å². The molecule has 0 aliphatic carbocycles. The summed E-state index contributed by atoms with van der Waals surface area (Å²) in [6, 6.07) is 20.4. The van der Waals surface area contributed by atoms with E-state index in [1.54, 1.807) is 36.4 Å². The van der Waals surface area contributed by atoms with Crippen LogP contribution in [0.15, 0.2) is 92.2 Å². The van der Waals surface area contributed by atoms with Gasteiger partial charge in [0.2, 0.25) is 0 Å². The maximum Gasteiger partial charge on any atom is 0.343 e. The number of esters is 1. The fraction of sp³-hybridized carbons (Fsp3) is 0.214. The molecule has 7 heteroatoms. The number of azo groups is 1. The average Bonchev–Trinajstić information content (AvgIpc) is 2.86. The number of benzene rings is 3. The van der Waals surface area contributed by atoms with E-state index in [-0.39, 0.29) is 5.75 Å². The molecule has 0 aliphatic heterocycles. The van der Waals surface area contributed by atoms with E-state index in [2.05, 4.69) is 17.2 Å². The molecule has 0 saturated carbocycles. The number of hydrogen-bond donors (Lipinski definition) is 0. The van der Waals surface area contributed by atoms with Gasteiger partial charge in [0.1, 0.15) is 17.1 Å². The summed E-state index contributed by atoms with van der Waals surface area (Å²) in [5.41, 5.74) is 2.38. The average molecular weight is 471 g/mol. The van der Waals surface area contributed by atoms with Crippen molar-refractivity contribution in [1.82, 2.24) is 0 Å². The third-order valence-electron chi connectivity index (χ3n) is 5.37. The van der Waals surface area contributed by atoms with Gasteiger partial charge in [0.05, 0.1) is 23.5 Å². The second-order valence-corrected chi connectivity index (χ2v) is 8.09. The zero-order chi connectivity index (χ0) is 24.6. The first-order valence-corrected chi connectivity index (χ1v) is 11.5. The van der Waals surface area contributed by atoms with Crippen LogP contribution in [-0.2, 0) is 0 Å². The van der Waals surface area contributed by atoms with Crippen molar-refractivity contribution in [2.75, 3.05) is 6.61 Å². The Hall–Kier alpha value is -4.26. The summed E-state index contributed by atoms with van der Waals surface area (Å²) in [6.07, 6.45) is 3.36. The molecule has 0 bridgehead atoms. The van der Waals surface area contributed by atoms with Crippen molar-refractivity contribution in [1.29, 1.82) is 0 Å². The van der Waals surface area contributed by atoms with Crippen molar-refractivity contribution in [3.63, 3.8) is 0 Å². The highest BCUT2D eigenvalue weighted by Crippen LogP contribution is 2.24. The van der Waals surface area contributed by atoms with Gasteiger partial charge in [0, 0.05) is 17.5 Å². The van der Waals surface area contributed by atoms with Gasteiger partial charge >= 0.3 is 11.6 Å². The van der Waals surface area contributed by atoms with Crippen molar-refractivity contribution < 1.29 is 18.7 Å². The van der Waals surface area contributed by atoms with Gasteiger partial charge in [-0.2, -0.15) is 10.2 Å². The molecular formula is C28H26N2O5. The number of nitrogens with zero attached hydrogens (tertiary/aromatic N) is 2. The van der Waals surface area contributed by atoms with Gasteiger partial charge in [-0.1, -0.05) is 19.8 Å². The molecule has 1 heterocycles. The number of rotatable bonds is 9. The number of carbonyl (C=O) groups excluding carboxylic acids is 1. The topological polar surface area (TPSA) is 90.5 Å². The molecule has 0 N–H and O–H groups in total. The molecule has 0 atom stereocenters. The number of hydrogen-bond acceptors (Lipinski definition) is 7. The Balaban J connectivity index is 1.36. The molecule has 0 unspecified atom stereocenters. The summed E-state index contributed by atoms with van der Waals surface area (Å²) < 4.78 is 16.3. The quantitative estimate of drug-likeness (QED) is 0.0841. The summed E-state index contributed by atoms with van der Waals surface area (Å²) in [6.45, 7) is 4.69. The van der Waals surface area contributed by atoms with Gasteiger partial charge < -0.3 is 13.9 Å². The van der Waals surface area contributed by atoms with Gasteiger partial charge in [-0.3, -0.25) is 0 Å². The van der Waals surface area contributed by atoms with Crippen LogP contribution in [0.4, 0.5) is 11.4 Å². The lowest BCUT2D eigenvalue weighted by molar-refractivity contribution is 0.0735. The van der Waals surface area contributed by atoms with Crippen LogP contribution in [0, 0.1) is 6.92 Å². The zero-order valence-electron chi connectivity index (χ0n) is 19.7. The number of aryl methyl sites for hydroxylation is 1. The van der Waals surface area contributed by atoms with Crippen molar-refractivity contribution in [3.05, 3.63) is 94.3 Å². The van der Waals surface area contributed by atoms with Gasteiger partial charge in [-0.05, 0) is 79.6 Å². The lowest BCUT2D eigenvalue weighted by Gasteiger charge is -2.06. The van der Waals surface area contributed by atoms with E-state index in [0.717, 1.165) is 36.0 Å². The largest absolute Gasteiger partial charge is 0.494 e. The third kappa shape index (κ3) is 6.41. The normalized spacial score (nSPS) is 11.1. The summed E-state index contributed by atoms with van der Waals surface area (Å²) >= 11 is 0. The van der Waals surface area contributed by atoms with Crippen molar-refractivity contribution in [2.45, 2.75) is 33.1 Å². The lowest BCUT2D eigenvalue weighted by atomic mass is 10.1. The van der Waals surface area contributed by atoms with E-state index < -0.39 is 11.6 Å². The second kappa shape index (κ2) is 11.2. The predicted molar refractivity (Wildman–Crippen MR) is 134 cm³/mol. The van der Waals surface area contributed by atoms with Crippen LogP contribution in [-0.4, -0.2) is 12.6 Å². The summed E-state index contributed by atoms with van der Waals surface area (Å²) in [4.78, 5) is 24.1. The van der Waals surface area contributed by atoms with Crippen LogP contribution in [0.3, 0.4) is 0 Å². The molecule has 0 spiro atoms. The summed E-state index contributed by atoms with van der Waals surface area (Å²) in [5, 5.41) is 9.23. The Morgan fingerprint density at radius 1 is 0.857 bits per heavy atom. The highest BCUT2D eigenvalue weighted by Gasteiger charge is 2.11. The Morgan fingerprint density at radius 2 is 1.51 bits per heavy atom. The van der Waals surface area contributed by atoms with Gasteiger partial charge in [0.15, 0.2) is 0 Å². The minimum atomic E-state index is -0.530. The van der Waals surface area contributed by atoms with Crippen LogP contribution in [0.1, 0.15) is 42.1 Å². The standard InChI is InChI=1S/C28H26N2O5/c1-3-4-5-16-33-23-12-10-22(11-13-23)30-29-21-8-6-20(7-9-21)28(32)34-24-14-15-25-19(2)17-27(31)35-26(25)18-24/h6-15,17-18H,3-5,16H2,1-2H3. The van der Waals surface area contributed by atoms with E-state index in [4.69, 9.17) is 13.9 Å². The van der Waals surface area contributed by atoms with Crippen molar-refractivity contribution in [3.8, 4) is 11.5 Å². The van der Waals surface area contributed by atoms with Crippen molar-refractivity contribution in [2.24, 2.45) is 10.2 Å². The highest BCUT2D eigenvalue weighted by molar-refractivity contribution is 5.92. The summed E-state index contributed by atoms with van der Waals surface area (Å²) in [5.74, 6) is 0.571. The van der Waals surface area contributed by atoms with E-state index in [0.29, 0.717) is 29.1 Å². The number of unbranched alkanes of at least 4 members (excludes halogenated alkanes) is 2. The Bertz CT molecular complexity index is 1390. The van der Waals surface area contributed by atoms with Crippen LogP contribution in [0.25, 0.3) is 11.0 Å². The first-order valence-electron chi connectivity index (χ1n) is 11.5. The Labute approximate surface area is 203 Å². The first kappa shape index (κ1) is 23.9. The van der Waals surface area contributed by atoms with Crippen LogP contribution in [0.5, 0.6) is 11.5 Å². The molecule has 4 aromatic rings. The molecule has 3 aromatic carbocycles. The fourth-order valence-electron chi connectivity index (χ4n) is 3.47. The number of carbonyl (C=O) groups is 1. The van der Waals surface area contributed by atoms with E-state index in [1.165, 1.54) is 12.1 Å². The van der Waals surface area contributed by atoms with E-state index in [1.807, 2.05) is 31.2 Å². The molecule has 1 aromatic heterocycles. The summed E-state index contributed by atoms with van der Waals surface area (Å²) in [7, 11) is 0. The SMILES string of the molecule is CCCCCOc1ccc(N=Nc2ccc(C(=O)Oc3ccc4c(C)cc(=O)oc4c3)cc2)cc1. The molecule has 0 saturated heterocycles. The molecule has 178 valence electrons. The van der Waals surface area contributed by atoms with Crippen LogP contribution >= 0.6 is 0 Å². The van der Waals surface area contributed by atoms with Gasteiger partial charge in [-0.25, -0.2) is 9.59 Å². The van der Waals surface area contributed by atoms with Crippen LogP contribution < -0.4 is 15.1 Å². The van der Waals surface area contributed by atoms with Crippen molar-refractivity contribution >= 4 is 28.3 Å². The third-order valence-corrected chi connectivity index (χ3v) is 5.37. The highest BCUT2D eigenvalue weighted by atomic mass is 16.5. The molecule has 35 heavy (non-hydrogen) atoms. The Kier molecular flexibility index (Phi) is 7.67. The zero-order valence-corrected chi connectivity index (χ0v) is 19.7. The second-order valence-electron chi connectivity index (χ2n) is 8.09. The molecule has 0 radical (unpaired) electrons. The molecule has 0 fully saturated rings. The number of ether oxygens (including phenoxy) is 2. The molecular weight excluding hydrogens is 444 g/mol. The predicted octanol–water partition coefficient (Wildman–Crippen LogP) is 7.31. The molecule has 4 rings (SSSR count). The minimum Gasteiger partial charge on any atom is -0.494 e. The molecule has 0 amide bonds. The van der Waals surface area contributed by atoms with Gasteiger partial charge in [-0.15, -0.1) is 0 Å². The number of fused-ring (bicyclic) bond motifs is 1. The van der Waals surface area contributed by atoms with Gasteiger partial charge in [0.25, 0.3) is 0 Å². The van der Waals surface area contributed by atoms with E-state index >= 15 is 0 Å². The van der Waals surface area contributed by atoms with E-state index in [9.17, 15) is 9.59 Å². The first-order chi connectivity index (χ1) is 17.0. The molecule has 0 aliphatic rings. The maximum atomic E-state index is 12.5. The smallest absolute Gasteiger partial charge is 0.343 e.